The van der Waals surface area contributed by atoms with Gasteiger partial charge in [0, 0.05) is 35.5 Å². The van der Waals surface area contributed by atoms with Crippen LogP contribution in [0.15, 0.2) is 12.3 Å². The molecule has 2 heterocycles. The second-order valence-electron chi connectivity index (χ2n) is 4.81. The van der Waals surface area contributed by atoms with Gasteiger partial charge in [0.2, 0.25) is 0 Å². The van der Waals surface area contributed by atoms with Gasteiger partial charge in [-0.15, -0.1) is 0 Å². The van der Waals surface area contributed by atoms with Crippen LogP contribution in [-0.2, 0) is 0 Å². The molecule has 2 atom stereocenters. The fraction of sp³-hybridized carbons (Fsp3) is 0.538. The maximum atomic E-state index is 11.3. The van der Waals surface area contributed by atoms with E-state index in [1.165, 1.54) is 6.20 Å². The van der Waals surface area contributed by atoms with Gasteiger partial charge in [0.15, 0.2) is 0 Å². The first-order valence-corrected chi connectivity index (χ1v) is 7.02. The Hall–Kier alpha value is -1.23. The summed E-state index contributed by atoms with van der Waals surface area (Å²) in [4.78, 5) is 17.5. The van der Waals surface area contributed by atoms with Crippen molar-refractivity contribution in [2.45, 2.75) is 31.3 Å². The first-order chi connectivity index (χ1) is 8.47. The van der Waals surface area contributed by atoms with Crippen LogP contribution in [0.3, 0.4) is 0 Å². The third kappa shape index (κ3) is 2.77. The standard InChI is InChI=1S/C13H18N2O2S/c1-8-4-12(11(5-14-8)13(16)17)15-6-9(2)18-10(3)7-15/h4-5,9-10H,6-7H2,1-3H3,(H,16,17). The Morgan fingerprint density at radius 3 is 2.61 bits per heavy atom. The maximum absolute atomic E-state index is 11.3. The molecule has 1 aliphatic rings. The molecular weight excluding hydrogens is 248 g/mol. The minimum Gasteiger partial charge on any atom is -0.478 e. The highest BCUT2D eigenvalue weighted by Crippen LogP contribution is 2.30. The van der Waals surface area contributed by atoms with E-state index in [1.54, 1.807) is 0 Å². The number of carboxylic acids is 1. The summed E-state index contributed by atoms with van der Waals surface area (Å²) in [6.07, 6.45) is 1.46. The Balaban J connectivity index is 2.36. The molecule has 0 aliphatic carbocycles. The van der Waals surface area contributed by atoms with Crippen LogP contribution in [0, 0.1) is 6.92 Å². The number of aromatic nitrogens is 1. The molecule has 1 saturated heterocycles. The lowest BCUT2D eigenvalue weighted by Crippen LogP contribution is -2.41. The number of carbonyl (C=O) groups is 1. The third-order valence-corrected chi connectivity index (χ3v) is 4.24. The third-order valence-electron chi connectivity index (χ3n) is 3.01. The number of thioether (sulfide) groups is 1. The summed E-state index contributed by atoms with van der Waals surface area (Å²) in [6.45, 7) is 8.03. The molecule has 98 valence electrons. The minimum atomic E-state index is -0.906. The van der Waals surface area contributed by atoms with Crippen LogP contribution in [-0.4, -0.2) is 39.6 Å². The molecule has 1 N–H and O–H groups in total. The molecule has 5 heteroatoms. The van der Waals surface area contributed by atoms with Gasteiger partial charge in [-0.3, -0.25) is 4.98 Å². The van der Waals surface area contributed by atoms with E-state index in [0.717, 1.165) is 24.5 Å². The van der Waals surface area contributed by atoms with E-state index in [0.29, 0.717) is 16.1 Å². The van der Waals surface area contributed by atoms with Crippen molar-refractivity contribution in [3.05, 3.63) is 23.5 Å². The van der Waals surface area contributed by atoms with E-state index in [9.17, 15) is 9.90 Å². The SMILES string of the molecule is Cc1cc(N2CC(C)SC(C)C2)c(C(=O)O)cn1. The highest BCUT2D eigenvalue weighted by Gasteiger charge is 2.25. The summed E-state index contributed by atoms with van der Waals surface area (Å²) in [5.74, 6) is -0.906. The number of hydrogen-bond donors (Lipinski definition) is 1. The second-order valence-corrected chi connectivity index (χ2v) is 6.69. The highest BCUT2D eigenvalue weighted by atomic mass is 32.2. The Bertz CT molecular complexity index is 454. The first kappa shape index (κ1) is 13.2. The predicted octanol–water partition coefficient (Wildman–Crippen LogP) is 2.42. The van der Waals surface area contributed by atoms with Crippen molar-refractivity contribution in [2.24, 2.45) is 0 Å². The average molecular weight is 266 g/mol. The fourth-order valence-corrected chi connectivity index (χ4v) is 3.67. The van der Waals surface area contributed by atoms with Crippen molar-refractivity contribution in [1.82, 2.24) is 4.98 Å². The summed E-state index contributed by atoms with van der Waals surface area (Å²) < 4.78 is 0. The van der Waals surface area contributed by atoms with Crippen molar-refractivity contribution in [3.63, 3.8) is 0 Å². The summed E-state index contributed by atoms with van der Waals surface area (Å²) >= 11 is 1.95. The van der Waals surface area contributed by atoms with Crippen LogP contribution < -0.4 is 4.90 Å². The van der Waals surface area contributed by atoms with Gasteiger partial charge in [-0.1, -0.05) is 13.8 Å². The van der Waals surface area contributed by atoms with E-state index in [-0.39, 0.29) is 0 Å². The molecule has 1 aromatic rings. The Labute approximate surface area is 111 Å². The van der Waals surface area contributed by atoms with Gasteiger partial charge in [0.25, 0.3) is 0 Å². The number of carboxylic acid groups (broad SMARTS) is 1. The monoisotopic (exact) mass is 266 g/mol. The smallest absolute Gasteiger partial charge is 0.339 e. The summed E-state index contributed by atoms with van der Waals surface area (Å²) in [5, 5.41) is 10.3. The van der Waals surface area contributed by atoms with Crippen molar-refractivity contribution in [1.29, 1.82) is 0 Å². The van der Waals surface area contributed by atoms with Gasteiger partial charge in [-0.25, -0.2) is 4.79 Å². The zero-order valence-electron chi connectivity index (χ0n) is 10.9. The van der Waals surface area contributed by atoms with Gasteiger partial charge >= 0.3 is 5.97 Å². The molecule has 1 aromatic heterocycles. The topological polar surface area (TPSA) is 53.4 Å². The molecule has 2 unspecified atom stereocenters. The molecule has 4 nitrogen and oxygen atoms in total. The minimum absolute atomic E-state index is 0.298. The average Bonchev–Trinajstić information content (AvgIpc) is 2.27. The fourth-order valence-electron chi connectivity index (χ4n) is 2.35. The zero-order chi connectivity index (χ0) is 13.3. The van der Waals surface area contributed by atoms with Gasteiger partial charge in [0.05, 0.1) is 5.69 Å². The molecule has 0 saturated carbocycles. The lowest BCUT2D eigenvalue weighted by Gasteiger charge is -2.36. The number of rotatable bonds is 2. The van der Waals surface area contributed by atoms with Crippen molar-refractivity contribution < 1.29 is 9.90 Å². The molecule has 2 rings (SSSR count). The highest BCUT2D eigenvalue weighted by molar-refractivity contribution is 8.00. The quantitative estimate of drug-likeness (QED) is 0.891. The van der Waals surface area contributed by atoms with Gasteiger partial charge in [-0.2, -0.15) is 11.8 Å². The molecule has 0 amide bonds. The van der Waals surface area contributed by atoms with Gasteiger partial charge in [-0.05, 0) is 13.0 Å². The van der Waals surface area contributed by atoms with E-state index in [1.807, 2.05) is 24.8 Å². The van der Waals surface area contributed by atoms with E-state index in [4.69, 9.17) is 0 Å². The molecule has 0 aromatic carbocycles. The second kappa shape index (κ2) is 5.18. The maximum Gasteiger partial charge on any atom is 0.339 e. The Morgan fingerprint density at radius 2 is 2.06 bits per heavy atom. The van der Waals surface area contributed by atoms with Crippen LogP contribution in [0.5, 0.6) is 0 Å². The number of aryl methyl sites for hydroxylation is 1. The largest absolute Gasteiger partial charge is 0.478 e. The Morgan fingerprint density at radius 1 is 1.44 bits per heavy atom. The van der Waals surface area contributed by atoms with Crippen molar-refractivity contribution in [3.8, 4) is 0 Å². The number of pyridine rings is 1. The Kier molecular flexibility index (Phi) is 3.80. The molecule has 1 fully saturated rings. The van der Waals surface area contributed by atoms with Crippen molar-refractivity contribution >= 4 is 23.4 Å². The summed E-state index contributed by atoms with van der Waals surface area (Å²) in [5.41, 5.74) is 1.95. The molecular formula is C13H18N2O2S. The number of anilines is 1. The molecule has 18 heavy (non-hydrogen) atoms. The van der Waals surface area contributed by atoms with Crippen LogP contribution >= 0.6 is 11.8 Å². The van der Waals surface area contributed by atoms with Crippen LogP contribution in [0.2, 0.25) is 0 Å². The summed E-state index contributed by atoms with van der Waals surface area (Å²) in [7, 11) is 0. The van der Waals surface area contributed by atoms with Gasteiger partial charge in [0.1, 0.15) is 5.56 Å². The molecule has 1 aliphatic heterocycles. The van der Waals surface area contributed by atoms with Crippen LogP contribution in [0.25, 0.3) is 0 Å². The molecule has 0 radical (unpaired) electrons. The number of hydrogen-bond acceptors (Lipinski definition) is 4. The number of aromatic carboxylic acids is 1. The lowest BCUT2D eigenvalue weighted by molar-refractivity contribution is 0.0697. The summed E-state index contributed by atoms with van der Waals surface area (Å²) in [6, 6.07) is 1.87. The molecule has 0 bridgehead atoms. The number of nitrogens with zero attached hydrogens (tertiary/aromatic N) is 2. The van der Waals surface area contributed by atoms with Crippen LogP contribution in [0.1, 0.15) is 29.9 Å². The van der Waals surface area contributed by atoms with Gasteiger partial charge < -0.3 is 10.0 Å². The lowest BCUT2D eigenvalue weighted by atomic mass is 10.1. The zero-order valence-corrected chi connectivity index (χ0v) is 11.7. The van der Waals surface area contributed by atoms with E-state index < -0.39 is 5.97 Å². The predicted molar refractivity (Wildman–Crippen MR) is 74.7 cm³/mol. The van der Waals surface area contributed by atoms with Crippen molar-refractivity contribution in [2.75, 3.05) is 18.0 Å². The normalized spacial score (nSPS) is 24.1. The molecule has 0 spiro atoms. The van der Waals surface area contributed by atoms with E-state index >= 15 is 0 Å². The first-order valence-electron chi connectivity index (χ1n) is 6.07. The van der Waals surface area contributed by atoms with Crippen LogP contribution in [0.4, 0.5) is 5.69 Å². The van der Waals surface area contributed by atoms with E-state index in [2.05, 4.69) is 23.7 Å².